The highest BCUT2D eigenvalue weighted by atomic mass is 35.5. The van der Waals surface area contributed by atoms with Crippen LogP contribution in [-0.2, 0) is 0 Å². The standard InChI is InChI=1S/C25H19ClFN5O/c1-15-6-8-16(9-7-15)21-14-22(17-10-12-18(26)13-11-17)32-25(28-21)30-24(31-32)29-23(33)19-4-2-3-5-20(19)27/h2-14,22H,1H3,(H2,28,29,30,31,33)/t22-/m0/s1. The van der Waals surface area contributed by atoms with Gasteiger partial charge in [-0.1, -0.05) is 65.7 Å². The molecule has 6 nitrogen and oxygen atoms in total. The van der Waals surface area contributed by atoms with E-state index < -0.39 is 11.7 Å². The molecule has 2 N–H and O–H groups in total. The molecular formula is C25H19ClFN5O. The Kier molecular flexibility index (Phi) is 5.40. The minimum Gasteiger partial charge on any atom is -0.324 e. The summed E-state index contributed by atoms with van der Waals surface area (Å²) in [6.07, 6.45) is 2.04. The van der Waals surface area contributed by atoms with Crippen LogP contribution in [0.4, 0.5) is 16.3 Å². The molecule has 1 amide bonds. The molecule has 0 aliphatic carbocycles. The molecule has 4 aromatic rings. The fraction of sp³-hybridized carbons (Fsp3) is 0.0800. The van der Waals surface area contributed by atoms with Crippen LogP contribution in [0.5, 0.6) is 0 Å². The van der Waals surface area contributed by atoms with Gasteiger partial charge in [0.05, 0.1) is 5.56 Å². The molecule has 0 fully saturated rings. The highest BCUT2D eigenvalue weighted by Gasteiger charge is 2.26. The van der Waals surface area contributed by atoms with E-state index in [1.54, 1.807) is 10.7 Å². The van der Waals surface area contributed by atoms with Crippen LogP contribution >= 0.6 is 11.6 Å². The Bertz CT molecular complexity index is 1360. The highest BCUT2D eigenvalue weighted by Crippen LogP contribution is 2.33. The Morgan fingerprint density at radius 3 is 2.52 bits per heavy atom. The Morgan fingerprint density at radius 2 is 1.79 bits per heavy atom. The number of aryl methyl sites for hydroxylation is 1. The number of hydrogen-bond donors (Lipinski definition) is 2. The lowest BCUT2D eigenvalue weighted by Gasteiger charge is -2.24. The first-order valence-corrected chi connectivity index (χ1v) is 10.7. The first-order chi connectivity index (χ1) is 16.0. The molecule has 0 bridgehead atoms. The van der Waals surface area contributed by atoms with Crippen molar-refractivity contribution in [3.63, 3.8) is 0 Å². The normalized spacial score (nSPS) is 14.8. The van der Waals surface area contributed by atoms with Gasteiger partial charge in [-0.25, -0.2) is 9.07 Å². The van der Waals surface area contributed by atoms with Gasteiger partial charge in [0.25, 0.3) is 11.9 Å². The molecule has 0 unspecified atom stereocenters. The zero-order chi connectivity index (χ0) is 22.9. The zero-order valence-corrected chi connectivity index (χ0v) is 18.3. The maximum Gasteiger partial charge on any atom is 0.261 e. The second-order valence-corrected chi connectivity index (χ2v) is 8.14. The molecule has 0 saturated heterocycles. The number of rotatable bonds is 4. The maximum atomic E-state index is 14.0. The minimum atomic E-state index is -0.620. The summed E-state index contributed by atoms with van der Waals surface area (Å²) in [4.78, 5) is 17.0. The number of carbonyl (C=O) groups excluding carboxylic acids is 1. The Hall–Kier alpha value is -3.97. The quantitative estimate of drug-likeness (QED) is 0.411. The van der Waals surface area contributed by atoms with Crippen molar-refractivity contribution in [3.8, 4) is 0 Å². The summed E-state index contributed by atoms with van der Waals surface area (Å²) in [5.41, 5.74) is 3.88. The predicted octanol–water partition coefficient (Wildman–Crippen LogP) is 5.69. The largest absolute Gasteiger partial charge is 0.324 e. The van der Waals surface area contributed by atoms with Gasteiger partial charge in [-0.2, -0.15) is 4.98 Å². The van der Waals surface area contributed by atoms with Crippen molar-refractivity contribution in [2.45, 2.75) is 13.0 Å². The van der Waals surface area contributed by atoms with Crippen molar-refractivity contribution in [2.75, 3.05) is 10.6 Å². The van der Waals surface area contributed by atoms with Crippen LogP contribution in [-0.4, -0.2) is 20.7 Å². The van der Waals surface area contributed by atoms with Gasteiger partial charge in [-0.3, -0.25) is 10.1 Å². The number of halogens is 2. The zero-order valence-electron chi connectivity index (χ0n) is 17.6. The van der Waals surface area contributed by atoms with Gasteiger partial charge < -0.3 is 5.32 Å². The molecule has 1 atom stereocenters. The molecule has 3 aromatic carbocycles. The molecule has 0 radical (unpaired) electrons. The van der Waals surface area contributed by atoms with Crippen LogP contribution in [0.2, 0.25) is 5.02 Å². The molecule has 1 aliphatic heterocycles. The van der Waals surface area contributed by atoms with E-state index in [1.165, 1.54) is 18.2 Å². The van der Waals surface area contributed by atoms with Crippen molar-refractivity contribution in [3.05, 3.63) is 112 Å². The van der Waals surface area contributed by atoms with E-state index in [-0.39, 0.29) is 17.6 Å². The second-order valence-electron chi connectivity index (χ2n) is 7.71. The van der Waals surface area contributed by atoms with Crippen LogP contribution in [0.25, 0.3) is 5.70 Å². The lowest BCUT2D eigenvalue weighted by Crippen LogP contribution is -2.20. The number of allylic oxidation sites excluding steroid dienone is 1. The average Bonchev–Trinajstić information content (AvgIpc) is 3.22. The van der Waals surface area contributed by atoms with Crippen LogP contribution in [0.1, 0.15) is 33.1 Å². The number of carbonyl (C=O) groups is 1. The molecule has 1 aliphatic rings. The first kappa shape index (κ1) is 20.9. The van der Waals surface area contributed by atoms with Crippen molar-refractivity contribution >= 4 is 35.1 Å². The van der Waals surface area contributed by atoms with E-state index in [4.69, 9.17) is 11.6 Å². The Balaban J connectivity index is 1.52. The summed E-state index contributed by atoms with van der Waals surface area (Å²) >= 11 is 6.08. The van der Waals surface area contributed by atoms with Crippen molar-refractivity contribution in [2.24, 2.45) is 0 Å². The number of fused-ring (bicyclic) bond motifs is 1. The van der Waals surface area contributed by atoms with Gasteiger partial charge in [0.1, 0.15) is 11.9 Å². The average molecular weight is 460 g/mol. The number of hydrogen-bond acceptors (Lipinski definition) is 4. The Labute approximate surface area is 194 Å². The van der Waals surface area contributed by atoms with Gasteiger partial charge in [-0.15, -0.1) is 5.10 Å². The highest BCUT2D eigenvalue weighted by molar-refractivity contribution is 6.30. The van der Waals surface area contributed by atoms with Crippen molar-refractivity contribution < 1.29 is 9.18 Å². The van der Waals surface area contributed by atoms with Gasteiger partial charge in [0, 0.05) is 10.7 Å². The summed E-state index contributed by atoms with van der Waals surface area (Å²) in [5.74, 6) is -0.703. The molecule has 8 heteroatoms. The third-order valence-corrected chi connectivity index (χ3v) is 5.64. The summed E-state index contributed by atoms with van der Waals surface area (Å²) in [6, 6.07) is 21.1. The maximum absolute atomic E-state index is 14.0. The summed E-state index contributed by atoms with van der Waals surface area (Å²) in [7, 11) is 0. The first-order valence-electron chi connectivity index (χ1n) is 10.3. The SMILES string of the molecule is Cc1ccc(C2=C[C@@H](c3ccc(Cl)cc3)n3nc(NC(=O)c4ccccc4F)nc3N2)cc1. The van der Waals surface area contributed by atoms with Crippen LogP contribution < -0.4 is 10.6 Å². The van der Waals surface area contributed by atoms with Crippen LogP contribution in [0, 0.1) is 12.7 Å². The number of anilines is 2. The lowest BCUT2D eigenvalue weighted by molar-refractivity contribution is 0.102. The second kappa shape index (κ2) is 8.52. The van der Waals surface area contributed by atoms with Gasteiger partial charge in [-0.05, 0) is 48.4 Å². The van der Waals surface area contributed by atoms with E-state index in [9.17, 15) is 9.18 Å². The number of aromatic nitrogens is 3. The summed E-state index contributed by atoms with van der Waals surface area (Å²) < 4.78 is 15.7. The van der Waals surface area contributed by atoms with E-state index >= 15 is 0 Å². The molecular weight excluding hydrogens is 441 g/mol. The molecule has 5 rings (SSSR count). The van der Waals surface area contributed by atoms with E-state index in [1.807, 2.05) is 61.5 Å². The monoisotopic (exact) mass is 459 g/mol. The Morgan fingerprint density at radius 1 is 1.06 bits per heavy atom. The van der Waals surface area contributed by atoms with Gasteiger partial charge in [0.15, 0.2) is 0 Å². The minimum absolute atomic E-state index is 0.0725. The molecule has 2 heterocycles. The number of amides is 1. The number of nitrogens with zero attached hydrogens (tertiary/aromatic N) is 3. The fourth-order valence-electron chi connectivity index (χ4n) is 3.66. The van der Waals surface area contributed by atoms with Crippen LogP contribution in [0.3, 0.4) is 0 Å². The van der Waals surface area contributed by atoms with Gasteiger partial charge >= 0.3 is 0 Å². The third-order valence-electron chi connectivity index (χ3n) is 5.38. The van der Waals surface area contributed by atoms with Crippen LogP contribution in [0.15, 0.2) is 78.9 Å². The molecule has 164 valence electrons. The summed E-state index contributed by atoms with van der Waals surface area (Å²) in [5, 5.41) is 11.0. The predicted molar refractivity (Wildman–Crippen MR) is 127 cm³/mol. The molecule has 0 spiro atoms. The molecule has 33 heavy (non-hydrogen) atoms. The molecule has 0 saturated carbocycles. The number of nitrogens with one attached hydrogen (secondary N) is 2. The van der Waals surface area contributed by atoms with Crippen molar-refractivity contribution in [1.29, 1.82) is 0 Å². The smallest absolute Gasteiger partial charge is 0.261 e. The number of benzene rings is 3. The molecule has 1 aromatic heterocycles. The van der Waals surface area contributed by atoms with Crippen molar-refractivity contribution in [1.82, 2.24) is 14.8 Å². The van der Waals surface area contributed by atoms with E-state index in [0.717, 1.165) is 22.4 Å². The van der Waals surface area contributed by atoms with Gasteiger partial charge in [0.2, 0.25) is 5.95 Å². The van der Waals surface area contributed by atoms with E-state index in [0.29, 0.717) is 11.0 Å². The topological polar surface area (TPSA) is 71.8 Å². The van der Waals surface area contributed by atoms with E-state index in [2.05, 4.69) is 20.7 Å². The fourth-order valence-corrected chi connectivity index (χ4v) is 3.79. The summed E-state index contributed by atoms with van der Waals surface area (Å²) in [6.45, 7) is 2.03. The third kappa shape index (κ3) is 4.23. The lowest BCUT2D eigenvalue weighted by atomic mass is 10.0.